The van der Waals surface area contributed by atoms with E-state index in [-0.39, 0.29) is 24.1 Å². The van der Waals surface area contributed by atoms with Gasteiger partial charge in [0.2, 0.25) is 0 Å². The number of hydrogen-bond acceptors (Lipinski definition) is 3. The average Bonchev–Trinajstić information content (AvgIpc) is 2.50. The topological polar surface area (TPSA) is 38.1 Å². The highest BCUT2D eigenvalue weighted by Crippen LogP contribution is 2.29. The van der Waals surface area contributed by atoms with Crippen LogP contribution in [-0.4, -0.2) is 26.1 Å². The standard InChI is InChI=1S/C8H11F3N2OS/c1-6(14)7-4-12-13(5-7)2-3-15-8(9,10)11/h4-6,14H,2-3H2,1H3. The van der Waals surface area contributed by atoms with Gasteiger partial charge in [0.15, 0.2) is 0 Å². The van der Waals surface area contributed by atoms with Gasteiger partial charge in [0, 0.05) is 17.5 Å². The maximum atomic E-state index is 11.8. The lowest BCUT2D eigenvalue weighted by atomic mass is 10.2. The minimum atomic E-state index is -4.19. The Kier molecular flexibility index (Phi) is 4.04. The van der Waals surface area contributed by atoms with E-state index in [1.165, 1.54) is 10.9 Å². The number of alkyl halides is 3. The van der Waals surface area contributed by atoms with E-state index in [2.05, 4.69) is 5.10 Å². The van der Waals surface area contributed by atoms with Crippen LogP contribution in [0.3, 0.4) is 0 Å². The minimum Gasteiger partial charge on any atom is -0.389 e. The van der Waals surface area contributed by atoms with Crippen LogP contribution in [-0.2, 0) is 6.54 Å². The van der Waals surface area contributed by atoms with Crippen molar-refractivity contribution < 1.29 is 18.3 Å². The van der Waals surface area contributed by atoms with Crippen LogP contribution in [0, 0.1) is 0 Å². The molecule has 0 radical (unpaired) electrons. The molecule has 1 rings (SSSR count). The Morgan fingerprint density at radius 2 is 2.27 bits per heavy atom. The van der Waals surface area contributed by atoms with Crippen molar-refractivity contribution in [2.45, 2.75) is 25.1 Å². The van der Waals surface area contributed by atoms with Gasteiger partial charge >= 0.3 is 5.51 Å². The fourth-order valence-electron chi connectivity index (χ4n) is 0.972. The largest absolute Gasteiger partial charge is 0.441 e. The third-order valence-corrected chi connectivity index (χ3v) is 2.44. The molecule has 0 saturated heterocycles. The summed E-state index contributed by atoms with van der Waals surface area (Å²) in [6, 6.07) is 0. The molecule has 1 aromatic rings. The van der Waals surface area contributed by atoms with Gasteiger partial charge in [0.1, 0.15) is 0 Å². The van der Waals surface area contributed by atoms with Gasteiger partial charge in [0.05, 0.1) is 18.8 Å². The van der Waals surface area contributed by atoms with Gasteiger partial charge in [-0.15, -0.1) is 0 Å². The van der Waals surface area contributed by atoms with E-state index in [0.29, 0.717) is 5.56 Å². The number of thioether (sulfide) groups is 1. The first-order chi connectivity index (χ1) is 6.88. The normalized spacial score (nSPS) is 14.2. The number of halogens is 3. The van der Waals surface area contributed by atoms with E-state index in [1.54, 1.807) is 13.1 Å². The number of aryl methyl sites for hydroxylation is 1. The Morgan fingerprint density at radius 3 is 2.73 bits per heavy atom. The van der Waals surface area contributed by atoms with Crippen LogP contribution in [0.1, 0.15) is 18.6 Å². The van der Waals surface area contributed by atoms with E-state index in [9.17, 15) is 13.2 Å². The molecule has 1 heterocycles. The summed E-state index contributed by atoms with van der Waals surface area (Å²) in [4.78, 5) is 0. The lowest BCUT2D eigenvalue weighted by molar-refractivity contribution is -0.0328. The molecular weight excluding hydrogens is 229 g/mol. The van der Waals surface area contributed by atoms with Crippen LogP contribution in [0.15, 0.2) is 12.4 Å². The fourth-order valence-corrected chi connectivity index (χ4v) is 1.48. The molecule has 0 saturated carbocycles. The van der Waals surface area contributed by atoms with Gasteiger partial charge in [-0.1, -0.05) is 0 Å². The SMILES string of the molecule is CC(O)c1cnn(CCSC(F)(F)F)c1. The van der Waals surface area contributed by atoms with Crippen molar-refractivity contribution in [1.82, 2.24) is 9.78 Å². The summed E-state index contributed by atoms with van der Waals surface area (Å²) in [5.41, 5.74) is -3.59. The first-order valence-electron chi connectivity index (χ1n) is 4.29. The lowest BCUT2D eigenvalue weighted by Gasteiger charge is -2.05. The first-order valence-corrected chi connectivity index (χ1v) is 5.28. The van der Waals surface area contributed by atoms with Crippen LogP contribution >= 0.6 is 11.8 Å². The molecule has 0 aliphatic carbocycles. The van der Waals surface area contributed by atoms with Crippen LogP contribution in [0.25, 0.3) is 0 Å². The molecule has 3 nitrogen and oxygen atoms in total. The number of hydrogen-bond donors (Lipinski definition) is 1. The first kappa shape index (κ1) is 12.4. The molecular formula is C8H11F3N2OS. The molecule has 15 heavy (non-hydrogen) atoms. The highest BCUT2D eigenvalue weighted by Gasteiger charge is 2.27. The van der Waals surface area contributed by atoms with E-state index < -0.39 is 11.6 Å². The molecule has 0 bridgehead atoms. The van der Waals surface area contributed by atoms with E-state index in [0.717, 1.165) is 0 Å². The fraction of sp³-hybridized carbons (Fsp3) is 0.625. The molecule has 86 valence electrons. The molecule has 1 atom stereocenters. The van der Waals surface area contributed by atoms with Gasteiger partial charge in [-0.2, -0.15) is 18.3 Å². The summed E-state index contributed by atoms with van der Waals surface area (Å²) in [6.07, 6.45) is 2.35. The Morgan fingerprint density at radius 1 is 1.60 bits per heavy atom. The van der Waals surface area contributed by atoms with E-state index >= 15 is 0 Å². The van der Waals surface area contributed by atoms with E-state index in [4.69, 9.17) is 5.11 Å². The molecule has 0 aliphatic heterocycles. The predicted octanol–water partition coefficient (Wildman–Crippen LogP) is 2.19. The molecule has 0 amide bonds. The van der Waals surface area contributed by atoms with Gasteiger partial charge < -0.3 is 5.11 Å². The van der Waals surface area contributed by atoms with Gasteiger partial charge in [0.25, 0.3) is 0 Å². The Bertz CT molecular complexity index is 311. The zero-order chi connectivity index (χ0) is 11.5. The van der Waals surface area contributed by atoms with Crippen LogP contribution < -0.4 is 0 Å². The zero-order valence-electron chi connectivity index (χ0n) is 8.03. The number of aliphatic hydroxyl groups excluding tert-OH is 1. The molecule has 1 N–H and O–H groups in total. The monoisotopic (exact) mass is 240 g/mol. The Balaban J connectivity index is 2.38. The second-order valence-electron chi connectivity index (χ2n) is 3.01. The minimum absolute atomic E-state index is 0.0773. The van der Waals surface area contributed by atoms with Gasteiger partial charge in [-0.3, -0.25) is 4.68 Å². The quantitative estimate of drug-likeness (QED) is 0.876. The third kappa shape index (κ3) is 4.57. The van der Waals surface area contributed by atoms with Crippen LogP contribution in [0.4, 0.5) is 13.2 Å². The molecule has 0 aliphatic rings. The molecule has 0 fully saturated rings. The molecule has 0 spiro atoms. The molecule has 7 heteroatoms. The van der Waals surface area contributed by atoms with Crippen molar-refractivity contribution in [2.75, 3.05) is 5.75 Å². The molecule has 1 aromatic heterocycles. The second-order valence-corrected chi connectivity index (χ2v) is 4.17. The van der Waals surface area contributed by atoms with Crippen molar-refractivity contribution >= 4 is 11.8 Å². The van der Waals surface area contributed by atoms with Crippen molar-refractivity contribution in [3.63, 3.8) is 0 Å². The zero-order valence-corrected chi connectivity index (χ0v) is 8.85. The number of aromatic nitrogens is 2. The summed E-state index contributed by atoms with van der Waals surface area (Å²) in [5, 5.41) is 13.0. The smallest absolute Gasteiger partial charge is 0.389 e. The number of aliphatic hydroxyl groups is 1. The summed E-state index contributed by atoms with van der Waals surface area (Å²) >= 11 is -0.0773. The maximum Gasteiger partial charge on any atom is 0.441 e. The highest BCUT2D eigenvalue weighted by molar-refractivity contribution is 8.00. The number of rotatable bonds is 4. The lowest BCUT2D eigenvalue weighted by Crippen LogP contribution is -2.07. The summed E-state index contributed by atoms with van der Waals surface area (Å²) < 4.78 is 36.7. The third-order valence-electron chi connectivity index (χ3n) is 1.72. The van der Waals surface area contributed by atoms with E-state index in [1.807, 2.05) is 0 Å². The predicted molar refractivity (Wildman–Crippen MR) is 51.4 cm³/mol. The van der Waals surface area contributed by atoms with Crippen molar-refractivity contribution in [1.29, 1.82) is 0 Å². The van der Waals surface area contributed by atoms with Gasteiger partial charge in [-0.05, 0) is 18.7 Å². The van der Waals surface area contributed by atoms with Gasteiger partial charge in [-0.25, -0.2) is 0 Å². The van der Waals surface area contributed by atoms with Crippen molar-refractivity contribution in [3.8, 4) is 0 Å². The van der Waals surface area contributed by atoms with Crippen LogP contribution in [0.2, 0.25) is 0 Å². The van der Waals surface area contributed by atoms with Crippen molar-refractivity contribution in [3.05, 3.63) is 18.0 Å². The van der Waals surface area contributed by atoms with Crippen molar-refractivity contribution in [2.24, 2.45) is 0 Å². The Labute approximate surface area is 89.3 Å². The summed E-state index contributed by atoms with van der Waals surface area (Å²) in [6.45, 7) is 1.75. The average molecular weight is 240 g/mol. The number of nitrogens with zero attached hydrogens (tertiary/aromatic N) is 2. The molecule has 1 unspecified atom stereocenters. The molecule has 0 aromatic carbocycles. The second kappa shape index (κ2) is 4.89. The summed E-state index contributed by atoms with van der Waals surface area (Å²) in [7, 11) is 0. The Hall–Kier alpha value is -0.690. The van der Waals surface area contributed by atoms with Crippen LogP contribution in [0.5, 0.6) is 0 Å². The summed E-state index contributed by atoms with van der Waals surface area (Å²) in [5.74, 6) is -0.0789. The highest BCUT2D eigenvalue weighted by atomic mass is 32.2. The maximum absolute atomic E-state index is 11.8.